The quantitative estimate of drug-likeness (QED) is 0.873. The Morgan fingerprint density at radius 2 is 2.38 bits per heavy atom. The summed E-state index contributed by atoms with van der Waals surface area (Å²) < 4.78 is 0. The second kappa shape index (κ2) is 4.84. The van der Waals surface area contributed by atoms with Crippen molar-refractivity contribution in [2.75, 3.05) is 7.05 Å². The lowest BCUT2D eigenvalue weighted by molar-refractivity contribution is 0.155. The Balaban J connectivity index is 2.21. The number of thiazole rings is 1. The molecule has 0 bridgehead atoms. The summed E-state index contributed by atoms with van der Waals surface area (Å²) in [4.78, 5) is 4.53. The van der Waals surface area contributed by atoms with E-state index in [2.05, 4.69) is 36.6 Å². The fourth-order valence-corrected chi connectivity index (χ4v) is 3.76. The minimum absolute atomic E-state index is 0.154. The molecule has 1 N–H and O–H groups in total. The van der Waals surface area contributed by atoms with Crippen LogP contribution in [0.5, 0.6) is 0 Å². The Labute approximate surface area is 102 Å². The minimum Gasteiger partial charge on any atom is -0.308 e. The molecule has 0 aliphatic heterocycles. The molecule has 0 aromatic carbocycles. The summed E-state index contributed by atoms with van der Waals surface area (Å²) in [6, 6.07) is 0. The molecule has 1 aliphatic carbocycles. The van der Waals surface area contributed by atoms with Crippen LogP contribution in [-0.4, -0.2) is 12.0 Å². The van der Waals surface area contributed by atoms with Gasteiger partial charge in [-0.3, -0.25) is 0 Å². The van der Waals surface area contributed by atoms with E-state index in [0.717, 1.165) is 11.8 Å². The van der Waals surface area contributed by atoms with E-state index in [-0.39, 0.29) is 5.54 Å². The van der Waals surface area contributed by atoms with E-state index in [4.69, 9.17) is 0 Å². The highest BCUT2D eigenvalue weighted by Gasteiger charge is 2.39. The molecule has 2 nitrogen and oxygen atoms in total. The molecule has 1 aliphatic rings. The average molecular weight is 238 g/mol. The van der Waals surface area contributed by atoms with Crippen LogP contribution in [0.3, 0.4) is 0 Å². The van der Waals surface area contributed by atoms with Crippen molar-refractivity contribution in [2.45, 2.75) is 45.1 Å². The molecule has 16 heavy (non-hydrogen) atoms. The maximum atomic E-state index is 4.53. The molecule has 2 rings (SSSR count). The second-order valence-corrected chi connectivity index (χ2v) is 6.16. The molecule has 1 aromatic heterocycles. The number of aromatic nitrogens is 1. The lowest BCUT2D eigenvalue weighted by atomic mass is 9.72. The molecule has 90 valence electrons. The SMILES string of the molecule is CNC1(c2nccs2)CCCC(C(C)C)C1. The first-order chi connectivity index (χ1) is 7.68. The maximum Gasteiger partial charge on any atom is 0.113 e. The predicted molar refractivity (Wildman–Crippen MR) is 69.6 cm³/mol. The van der Waals surface area contributed by atoms with Crippen LogP contribution in [0.2, 0.25) is 0 Å². The molecule has 0 radical (unpaired) electrons. The van der Waals surface area contributed by atoms with Gasteiger partial charge in [0.2, 0.25) is 0 Å². The lowest BCUT2D eigenvalue weighted by Crippen LogP contribution is -2.44. The Hall–Kier alpha value is -0.410. The van der Waals surface area contributed by atoms with Gasteiger partial charge in [0.05, 0.1) is 5.54 Å². The molecule has 0 spiro atoms. The van der Waals surface area contributed by atoms with Gasteiger partial charge in [0.15, 0.2) is 0 Å². The van der Waals surface area contributed by atoms with Crippen LogP contribution in [-0.2, 0) is 5.54 Å². The Morgan fingerprint density at radius 3 is 2.94 bits per heavy atom. The van der Waals surface area contributed by atoms with Gasteiger partial charge in [-0.1, -0.05) is 26.7 Å². The number of rotatable bonds is 3. The standard InChI is InChI=1S/C13H22N2S/c1-10(2)11-5-4-6-13(9-11,14-3)12-15-7-8-16-12/h7-8,10-11,14H,4-6,9H2,1-3H3. The molecule has 1 aromatic rings. The highest BCUT2D eigenvalue weighted by atomic mass is 32.1. The molecular formula is C13H22N2S. The summed E-state index contributed by atoms with van der Waals surface area (Å²) >= 11 is 1.79. The Morgan fingerprint density at radius 1 is 1.56 bits per heavy atom. The van der Waals surface area contributed by atoms with E-state index in [9.17, 15) is 0 Å². The first-order valence-corrected chi connectivity index (χ1v) is 7.15. The number of nitrogens with one attached hydrogen (secondary N) is 1. The highest BCUT2D eigenvalue weighted by Crippen LogP contribution is 2.42. The van der Waals surface area contributed by atoms with E-state index < -0.39 is 0 Å². The van der Waals surface area contributed by atoms with Gasteiger partial charge < -0.3 is 5.32 Å². The van der Waals surface area contributed by atoms with Crippen LogP contribution in [0.25, 0.3) is 0 Å². The van der Waals surface area contributed by atoms with Gasteiger partial charge >= 0.3 is 0 Å². The van der Waals surface area contributed by atoms with Crippen molar-refractivity contribution in [3.63, 3.8) is 0 Å². The number of hydrogen-bond donors (Lipinski definition) is 1. The summed E-state index contributed by atoms with van der Waals surface area (Å²) in [7, 11) is 2.09. The molecule has 2 atom stereocenters. The summed E-state index contributed by atoms with van der Waals surface area (Å²) in [5.41, 5.74) is 0.154. The van der Waals surface area contributed by atoms with E-state index >= 15 is 0 Å². The van der Waals surface area contributed by atoms with Crippen LogP contribution in [0, 0.1) is 11.8 Å². The molecule has 1 heterocycles. The summed E-state index contributed by atoms with van der Waals surface area (Å²) in [6.07, 6.45) is 7.11. The fourth-order valence-electron chi connectivity index (χ4n) is 2.87. The normalized spacial score (nSPS) is 30.9. The molecule has 0 amide bonds. The Kier molecular flexibility index (Phi) is 3.65. The van der Waals surface area contributed by atoms with Crippen LogP contribution in [0.1, 0.15) is 44.5 Å². The van der Waals surface area contributed by atoms with Crippen LogP contribution in [0.15, 0.2) is 11.6 Å². The van der Waals surface area contributed by atoms with Crippen LogP contribution >= 0.6 is 11.3 Å². The van der Waals surface area contributed by atoms with Crippen molar-refractivity contribution in [3.05, 3.63) is 16.6 Å². The molecule has 2 unspecified atom stereocenters. The lowest BCUT2D eigenvalue weighted by Gasteiger charge is -2.41. The van der Waals surface area contributed by atoms with Gasteiger partial charge in [-0.15, -0.1) is 11.3 Å². The third-order valence-electron chi connectivity index (χ3n) is 4.05. The van der Waals surface area contributed by atoms with Crippen LogP contribution < -0.4 is 5.32 Å². The molecule has 1 saturated carbocycles. The third kappa shape index (κ3) is 2.16. The van der Waals surface area contributed by atoms with Gasteiger partial charge in [-0.25, -0.2) is 4.98 Å². The minimum atomic E-state index is 0.154. The van der Waals surface area contributed by atoms with Crippen molar-refractivity contribution in [1.29, 1.82) is 0 Å². The summed E-state index contributed by atoms with van der Waals surface area (Å²) in [5.74, 6) is 1.62. The highest BCUT2D eigenvalue weighted by molar-refractivity contribution is 7.09. The second-order valence-electron chi connectivity index (χ2n) is 5.27. The molecule has 3 heteroatoms. The summed E-state index contributed by atoms with van der Waals surface area (Å²) in [6.45, 7) is 4.69. The number of nitrogens with zero attached hydrogens (tertiary/aromatic N) is 1. The molecular weight excluding hydrogens is 216 g/mol. The van der Waals surface area contributed by atoms with E-state index in [1.807, 2.05) is 6.20 Å². The number of hydrogen-bond acceptors (Lipinski definition) is 3. The molecule has 1 fully saturated rings. The van der Waals surface area contributed by atoms with Gasteiger partial charge in [0.1, 0.15) is 5.01 Å². The fraction of sp³-hybridized carbons (Fsp3) is 0.769. The largest absolute Gasteiger partial charge is 0.308 e. The monoisotopic (exact) mass is 238 g/mol. The average Bonchev–Trinajstić information content (AvgIpc) is 2.83. The zero-order valence-corrected chi connectivity index (χ0v) is 11.3. The maximum absolute atomic E-state index is 4.53. The van der Waals surface area contributed by atoms with E-state index in [1.54, 1.807) is 11.3 Å². The smallest absolute Gasteiger partial charge is 0.113 e. The zero-order chi connectivity index (χ0) is 11.6. The van der Waals surface area contributed by atoms with Crippen molar-refractivity contribution in [3.8, 4) is 0 Å². The van der Waals surface area contributed by atoms with Gasteiger partial charge in [-0.05, 0) is 31.7 Å². The van der Waals surface area contributed by atoms with Gasteiger partial charge in [0.25, 0.3) is 0 Å². The Bertz CT molecular complexity index is 321. The van der Waals surface area contributed by atoms with Crippen molar-refractivity contribution in [1.82, 2.24) is 10.3 Å². The first-order valence-electron chi connectivity index (χ1n) is 6.27. The zero-order valence-electron chi connectivity index (χ0n) is 10.5. The van der Waals surface area contributed by atoms with E-state index in [1.165, 1.54) is 30.7 Å². The summed E-state index contributed by atoms with van der Waals surface area (Å²) in [5, 5.41) is 6.92. The third-order valence-corrected chi connectivity index (χ3v) is 5.03. The van der Waals surface area contributed by atoms with Crippen molar-refractivity contribution < 1.29 is 0 Å². The predicted octanol–water partition coefficient (Wildman–Crippen LogP) is 3.40. The van der Waals surface area contributed by atoms with Crippen molar-refractivity contribution in [2.24, 2.45) is 11.8 Å². The topological polar surface area (TPSA) is 24.9 Å². The van der Waals surface area contributed by atoms with Crippen LogP contribution in [0.4, 0.5) is 0 Å². The van der Waals surface area contributed by atoms with Gasteiger partial charge in [0, 0.05) is 11.6 Å². The first kappa shape index (κ1) is 12.1. The van der Waals surface area contributed by atoms with Gasteiger partial charge in [-0.2, -0.15) is 0 Å². The van der Waals surface area contributed by atoms with E-state index in [0.29, 0.717) is 0 Å². The van der Waals surface area contributed by atoms with Crippen molar-refractivity contribution >= 4 is 11.3 Å². The molecule has 0 saturated heterocycles.